The number of carbonyl (C=O) groups excluding carboxylic acids is 1. The van der Waals surface area contributed by atoms with Crippen molar-refractivity contribution < 1.29 is 15.0 Å². The van der Waals surface area contributed by atoms with Crippen LogP contribution in [0.1, 0.15) is 61.7 Å². The number of aromatic nitrogens is 1. The van der Waals surface area contributed by atoms with Crippen LogP contribution in [0.3, 0.4) is 0 Å². The molecule has 1 aromatic rings. The van der Waals surface area contributed by atoms with Crippen molar-refractivity contribution in [1.82, 2.24) is 4.98 Å². The second-order valence-electron chi connectivity index (χ2n) is 7.29. The summed E-state index contributed by atoms with van der Waals surface area (Å²) in [5.74, 6) is 0.184. The van der Waals surface area contributed by atoms with Crippen molar-refractivity contribution in [3.63, 3.8) is 0 Å². The summed E-state index contributed by atoms with van der Waals surface area (Å²) in [5, 5.41) is 26.2. The second-order valence-corrected chi connectivity index (χ2v) is 7.29. The Bertz CT molecular complexity index is 602. The molecular formula is C18H28N4O3. The van der Waals surface area contributed by atoms with Gasteiger partial charge in [-0.3, -0.25) is 4.79 Å². The smallest absolute Gasteiger partial charge is 0.252 e. The molecule has 0 bridgehead atoms. The number of aliphatic hydroxyl groups is 2. The number of pyridine rings is 1. The van der Waals surface area contributed by atoms with Gasteiger partial charge in [0.05, 0.1) is 23.5 Å². The molecule has 7 nitrogen and oxygen atoms in total. The molecule has 2 aliphatic rings. The summed E-state index contributed by atoms with van der Waals surface area (Å²) in [6, 6.07) is 2.23. The third kappa shape index (κ3) is 4.83. The molecule has 2 aliphatic carbocycles. The van der Waals surface area contributed by atoms with Crippen LogP contribution in [0, 0.1) is 0 Å². The Balaban J connectivity index is 1.71. The van der Waals surface area contributed by atoms with Crippen LogP contribution in [0.5, 0.6) is 0 Å². The van der Waals surface area contributed by atoms with E-state index in [1.807, 2.05) is 6.07 Å². The molecule has 0 spiro atoms. The minimum Gasteiger partial charge on any atom is -0.393 e. The Morgan fingerprint density at radius 2 is 1.80 bits per heavy atom. The molecule has 0 aliphatic heterocycles. The van der Waals surface area contributed by atoms with E-state index in [1.165, 1.54) is 6.20 Å². The molecular weight excluding hydrogens is 320 g/mol. The molecule has 3 rings (SSSR count). The van der Waals surface area contributed by atoms with Gasteiger partial charge in [-0.1, -0.05) is 0 Å². The van der Waals surface area contributed by atoms with Gasteiger partial charge in [0.2, 0.25) is 0 Å². The highest BCUT2D eigenvalue weighted by Crippen LogP contribution is 2.27. The van der Waals surface area contributed by atoms with Gasteiger partial charge in [0.25, 0.3) is 5.91 Å². The number of nitrogens with two attached hydrogens (primary N) is 1. The first-order chi connectivity index (χ1) is 12.0. The molecule has 2 atom stereocenters. The summed E-state index contributed by atoms with van der Waals surface area (Å²) in [4.78, 5) is 16.0. The van der Waals surface area contributed by atoms with Crippen LogP contribution < -0.4 is 16.4 Å². The number of rotatable bonds is 5. The quantitative estimate of drug-likeness (QED) is 0.551. The van der Waals surface area contributed by atoms with Gasteiger partial charge in [-0.2, -0.15) is 0 Å². The molecule has 1 aromatic heterocycles. The monoisotopic (exact) mass is 348 g/mol. The number of amides is 1. The number of hydrogen-bond donors (Lipinski definition) is 5. The van der Waals surface area contributed by atoms with Crippen molar-refractivity contribution >= 4 is 17.4 Å². The molecule has 2 unspecified atom stereocenters. The molecule has 0 aromatic carbocycles. The zero-order valence-corrected chi connectivity index (χ0v) is 14.4. The number of anilines is 2. The van der Waals surface area contributed by atoms with Crippen molar-refractivity contribution in [1.29, 1.82) is 0 Å². The van der Waals surface area contributed by atoms with Gasteiger partial charge in [0, 0.05) is 24.3 Å². The summed E-state index contributed by atoms with van der Waals surface area (Å²) in [5.41, 5.74) is 6.51. The zero-order valence-electron chi connectivity index (χ0n) is 14.4. The van der Waals surface area contributed by atoms with E-state index in [1.54, 1.807) is 0 Å². The van der Waals surface area contributed by atoms with Crippen LogP contribution in [0.2, 0.25) is 0 Å². The second kappa shape index (κ2) is 8.01. The highest BCUT2D eigenvalue weighted by Gasteiger charge is 2.23. The molecule has 138 valence electrons. The number of nitrogens with one attached hydrogen (secondary N) is 2. The van der Waals surface area contributed by atoms with E-state index in [-0.39, 0.29) is 24.3 Å². The normalized spacial score (nSPS) is 29.8. The number of hydrogen-bond acceptors (Lipinski definition) is 6. The lowest BCUT2D eigenvalue weighted by Crippen LogP contribution is -2.31. The minimum absolute atomic E-state index is 0.127. The fourth-order valence-corrected chi connectivity index (χ4v) is 3.79. The lowest BCUT2D eigenvalue weighted by molar-refractivity contribution is 0.100. The predicted octanol–water partition coefficient (Wildman–Crippen LogP) is 1.61. The third-order valence-corrected chi connectivity index (χ3v) is 5.22. The maximum Gasteiger partial charge on any atom is 0.252 e. The van der Waals surface area contributed by atoms with Crippen LogP contribution >= 0.6 is 0 Å². The number of nitrogens with zero attached hydrogens (tertiary/aromatic N) is 1. The van der Waals surface area contributed by atoms with Crippen LogP contribution in [0.25, 0.3) is 0 Å². The molecule has 0 saturated heterocycles. The van der Waals surface area contributed by atoms with Crippen molar-refractivity contribution in [2.75, 3.05) is 10.6 Å². The van der Waals surface area contributed by atoms with Crippen molar-refractivity contribution in [3.8, 4) is 0 Å². The van der Waals surface area contributed by atoms with E-state index < -0.39 is 5.91 Å². The summed E-state index contributed by atoms with van der Waals surface area (Å²) in [6.45, 7) is 0. The third-order valence-electron chi connectivity index (χ3n) is 5.22. The van der Waals surface area contributed by atoms with E-state index in [4.69, 9.17) is 5.73 Å². The Kier molecular flexibility index (Phi) is 5.75. The summed E-state index contributed by atoms with van der Waals surface area (Å²) >= 11 is 0. The van der Waals surface area contributed by atoms with Gasteiger partial charge >= 0.3 is 0 Å². The maximum absolute atomic E-state index is 11.7. The SMILES string of the molecule is NC(=O)c1cnc(NC2CCC(O)CC2)cc1NC1CCCC(O)C1. The number of aliphatic hydroxyl groups excluding tert-OH is 2. The minimum atomic E-state index is -0.515. The Labute approximate surface area is 148 Å². The Morgan fingerprint density at radius 3 is 2.48 bits per heavy atom. The standard InChI is InChI=1S/C18H28N4O3/c19-18(25)15-10-20-17(22-11-4-6-13(23)7-5-11)9-16(15)21-12-2-1-3-14(24)8-12/h9-14,23-24H,1-8H2,(H2,19,25)(H2,20,21,22). The average molecular weight is 348 g/mol. The first-order valence-electron chi connectivity index (χ1n) is 9.20. The topological polar surface area (TPSA) is 121 Å². The van der Waals surface area contributed by atoms with E-state index in [2.05, 4.69) is 15.6 Å². The van der Waals surface area contributed by atoms with Crippen molar-refractivity contribution in [2.24, 2.45) is 5.73 Å². The molecule has 1 heterocycles. The molecule has 6 N–H and O–H groups in total. The van der Waals surface area contributed by atoms with Crippen LogP contribution in [-0.2, 0) is 0 Å². The first-order valence-corrected chi connectivity index (χ1v) is 9.20. The van der Waals surface area contributed by atoms with E-state index in [9.17, 15) is 15.0 Å². The van der Waals surface area contributed by atoms with E-state index in [0.717, 1.165) is 44.9 Å². The van der Waals surface area contributed by atoms with Gasteiger partial charge in [-0.15, -0.1) is 0 Å². The molecule has 0 radical (unpaired) electrons. The largest absolute Gasteiger partial charge is 0.393 e. The number of primary amides is 1. The fourth-order valence-electron chi connectivity index (χ4n) is 3.79. The van der Waals surface area contributed by atoms with Crippen molar-refractivity contribution in [3.05, 3.63) is 17.8 Å². The summed E-state index contributed by atoms with van der Waals surface area (Å²) < 4.78 is 0. The molecule has 2 fully saturated rings. The summed E-state index contributed by atoms with van der Waals surface area (Å²) in [7, 11) is 0. The number of carbonyl (C=O) groups is 1. The molecule has 25 heavy (non-hydrogen) atoms. The molecule has 7 heteroatoms. The highest BCUT2D eigenvalue weighted by molar-refractivity contribution is 5.98. The van der Waals surface area contributed by atoms with Gasteiger partial charge in [0.15, 0.2) is 0 Å². The fraction of sp³-hybridized carbons (Fsp3) is 0.667. The molecule has 1 amide bonds. The average Bonchev–Trinajstić information content (AvgIpc) is 2.57. The predicted molar refractivity (Wildman–Crippen MR) is 96.5 cm³/mol. The van der Waals surface area contributed by atoms with Crippen molar-refractivity contribution in [2.45, 2.75) is 75.7 Å². The van der Waals surface area contributed by atoms with Gasteiger partial charge in [-0.25, -0.2) is 4.98 Å². The van der Waals surface area contributed by atoms with Gasteiger partial charge in [-0.05, 0) is 51.4 Å². The zero-order chi connectivity index (χ0) is 17.8. The summed E-state index contributed by atoms with van der Waals surface area (Å²) in [6.07, 6.45) is 7.83. The lowest BCUT2D eigenvalue weighted by atomic mass is 9.92. The Hall–Kier alpha value is -1.86. The van der Waals surface area contributed by atoms with Crippen LogP contribution in [-0.4, -0.2) is 45.4 Å². The molecule has 2 saturated carbocycles. The maximum atomic E-state index is 11.7. The van der Waals surface area contributed by atoms with E-state index in [0.29, 0.717) is 23.5 Å². The van der Waals surface area contributed by atoms with Gasteiger partial charge in [0.1, 0.15) is 5.82 Å². The highest BCUT2D eigenvalue weighted by atomic mass is 16.3. The van der Waals surface area contributed by atoms with E-state index >= 15 is 0 Å². The lowest BCUT2D eigenvalue weighted by Gasteiger charge is -2.29. The van der Waals surface area contributed by atoms with Crippen LogP contribution in [0.4, 0.5) is 11.5 Å². The first kappa shape index (κ1) is 17.9. The van der Waals surface area contributed by atoms with Crippen LogP contribution in [0.15, 0.2) is 12.3 Å². The Morgan fingerprint density at radius 1 is 1.04 bits per heavy atom. The van der Waals surface area contributed by atoms with Gasteiger partial charge < -0.3 is 26.6 Å².